The molecule has 6 nitrogen and oxygen atoms in total. The lowest BCUT2D eigenvalue weighted by molar-refractivity contribution is 0.174. The molecule has 0 amide bonds. The molecule has 1 aliphatic carbocycles. The number of nitrogens with one attached hydrogen (secondary N) is 1. The highest BCUT2D eigenvalue weighted by Crippen LogP contribution is 2.38. The number of hydrogen-bond donors (Lipinski definition) is 2. The third kappa shape index (κ3) is 1.77. The number of rotatable bonds is 2. The van der Waals surface area contributed by atoms with Crippen LogP contribution in [0.2, 0.25) is 0 Å². The van der Waals surface area contributed by atoms with Crippen molar-refractivity contribution < 1.29 is 14.6 Å². The maximum absolute atomic E-state index is 10.0. The van der Waals surface area contributed by atoms with Crippen LogP contribution in [-0.4, -0.2) is 21.9 Å². The van der Waals surface area contributed by atoms with Gasteiger partial charge in [-0.3, -0.25) is 0 Å². The van der Waals surface area contributed by atoms with Crippen LogP contribution in [0.15, 0.2) is 24.5 Å². The van der Waals surface area contributed by atoms with Crippen LogP contribution in [-0.2, 0) is 6.42 Å². The zero-order valence-electron chi connectivity index (χ0n) is 10.7. The first kappa shape index (κ1) is 11.5. The zero-order chi connectivity index (χ0) is 13.5. The van der Waals surface area contributed by atoms with E-state index in [1.165, 1.54) is 6.33 Å². The molecule has 1 atom stereocenters. The van der Waals surface area contributed by atoms with Gasteiger partial charge >= 0.3 is 0 Å². The van der Waals surface area contributed by atoms with Crippen molar-refractivity contribution in [3.63, 3.8) is 0 Å². The summed E-state index contributed by atoms with van der Waals surface area (Å²) in [6, 6.07) is 5.60. The van der Waals surface area contributed by atoms with Gasteiger partial charge in [-0.15, -0.1) is 0 Å². The molecule has 0 spiro atoms. The van der Waals surface area contributed by atoms with E-state index < -0.39 is 6.10 Å². The lowest BCUT2D eigenvalue weighted by Gasteiger charge is -2.12. The number of benzene rings is 1. The van der Waals surface area contributed by atoms with Gasteiger partial charge in [0.05, 0.1) is 11.8 Å². The minimum absolute atomic E-state index is 0.250. The molecule has 1 aliphatic heterocycles. The van der Waals surface area contributed by atoms with Crippen molar-refractivity contribution in [1.82, 2.24) is 9.97 Å². The molecule has 4 rings (SSSR count). The molecule has 0 saturated carbocycles. The maximum atomic E-state index is 10.0. The Balaban J connectivity index is 1.68. The molecular formula is C14H13N3O3. The Hall–Kier alpha value is -2.34. The van der Waals surface area contributed by atoms with Gasteiger partial charge in [0.25, 0.3) is 0 Å². The second kappa shape index (κ2) is 4.35. The number of aliphatic hydroxyl groups is 1. The average Bonchev–Trinajstić information content (AvgIpc) is 3.06. The summed E-state index contributed by atoms with van der Waals surface area (Å²) in [4.78, 5) is 8.45. The average molecular weight is 271 g/mol. The number of aliphatic hydroxyl groups excluding tert-OH is 1. The van der Waals surface area contributed by atoms with Gasteiger partial charge in [0, 0.05) is 17.3 Å². The van der Waals surface area contributed by atoms with Gasteiger partial charge in [-0.2, -0.15) is 0 Å². The molecule has 2 N–H and O–H groups in total. The van der Waals surface area contributed by atoms with Crippen LogP contribution < -0.4 is 14.8 Å². The van der Waals surface area contributed by atoms with Crippen LogP contribution in [0, 0.1) is 0 Å². The highest BCUT2D eigenvalue weighted by atomic mass is 16.7. The summed E-state index contributed by atoms with van der Waals surface area (Å²) in [5, 5.41) is 13.2. The summed E-state index contributed by atoms with van der Waals surface area (Å²) in [7, 11) is 0. The highest BCUT2D eigenvalue weighted by Gasteiger charge is 2.26. The molecule has 0 saturated heterocycles. The van der Waals surface area contributed by atoms with Crippen LogP contribution in [0.4, 0.5) is 11.5 Å². The smallest absolute Gasteiger partial charge is 0.231 e. The van der Waals surface area contributed by atoms with Crippen molar-refractivity contribution in [1.29, 1.82) is 0 Å². The third-order valence-electron chi connectivity index (χ3n) is 3.59. The van der Waals surface area contributed by atoms with Gasteiger partial charge in [0.2, 0.25) is 6.79 Å². The fourth-order valence-electron chi connectivity index (χ4n) is 2.61. The summed E-state index contributed by atoms with van der Waals surface area (Å²) >= 11 is 0. The fourth-order valence-corrected chi connectivity index (χ4v) is 2.61. The standard InChI is InChI=1S/C14H13N3O3/c18-10-3-2-9-13(10)14(16-6-15-9)17-8-1-4-11-12(5-8)20-7-19-11/h1,4-6,10,18H,2-3,7H2,(H,15,16,17). The predicted molar refractivity (Wildman–Crippen MR) is 71.2 cm³/mol. The first-order chi connectivity index (χ1) is 9.81. The van der Waals surface area contributed by atoms with E-state index in [2.05, 4.69) is 15.3 Å². The van der Waals surface area contributed by atoms with Crippen LogP contribution in [0.25, 0.3) is 0 Å². The zero-order valence-corrected chi connectivity index (χ0v) is 10.7. The van der Waals surface area contributed by atoms with Crippen molar-refractivity contribution in [2.75, 3.05) is 12.1 Å². The SMILES string of the molecule is OC1CCc2ncnc(Nc3ccc4c(c3)OCO4)c21. The number of nitrogens with zero attached hydrogens (tertiary/aromatic N) is 2. The first-order valence-electron chi connectivity index (χ1n) is 6.50. The molecule has 102 valence electrons. The van der Waals surface area contributed by atoms with Crippen LogP contribution >= 0.6 is 0 Å². The summed E-state index contributed by atoms with van der Waals surface area (Å²) in [5.41, 5.74) is 2.55. The molecule has 20 heavy (non-hydrogen) atoms. The quantitative estimate of drug-likeness (QED) is 0.869. The second-order valence-electron chi connectivity index (χ2n) is 4.83. The Kier molecular flexibility index (Phi) is 2.50. The Morgan fingerprint density at radius 3 is 3.05 bits per heavy atom. The minimum Gasteiger partial charge on any atom is -0.454 e. The van der Waals surface area contributed by atoms with Gasteiger partial charge in [0.1, 0.15) is 12.1 Å². The van der Waals surface area contributed by atoms with Gasteiger partial charge < -0.3 is 19.9 Å². The van der Waals surface area contributed by atoms with Gasteiger partial charge in [0.15, 0.2) is 11.5 Å². The number of fused-ring (bicyclic) bond motifs is 2. The van der Waals surface area contributed by atoms with Crippen molar-refractivity contribution in [3.05, 3.63) is 35.8 Å². The summed E-state index contributed by atoms with van der Waals surface area (Å²) in [5.74, 6) is 2.10. The number of aromatic nitrogens is 2. The number of aryl methyl sites for hydroxylation is 1. The molecule has 6 heteroatoms. The van der Waals surface area contributed by atoms with Crippen LogP contribution in [0.5, 0.6) is 11.5 Å². The number of anilines is 2. The molecule has 2 heterocycles. The second-order valence-corrected chi connectivity index (χ2v) is 4.83. The number of ether oxygens (including phenoxy) is 2. The van der Waals surface area contributed by atoms with E-state index in [1.54, 1.807) is 0 Å². The minimum atomic E-state index is -0.497. The maximum Gasteiger partial charge on any atom is 0.231 e. The molecule has 1 unspecified atom stereocenters. The summed E-state index contributed by atoms with van der Waals surface area (Å²) in [6.45, 7) is 0.250. The lowest BCUT2D eigenvalue weighted by atomic mass is 10.2. The molecule has 2 aromatic rings. The molecule has 0 radical (unpaired) electrons. The van der Waals surface area contributed by atoms with E-state index in [0.29, 0.717) is 18.0 Å². The van der Waals surface area contributed by atoms with E-state index in [1.807, 2.05) is 18.2 Å². The van der Waals surface area contributed by atoms with E-state index >= 15 is 0 Å². The van der Waals surface area contributed by atoms with Crippen molar-refractivity contribution in [2.45, 2.75) is 18.9 Å². The number of hydrogen-bond acceptors (Lipinski definition) is 6. The van der Waals surface area contributed by atoms with Crippen LogP contribution in [0.1, 0.15) is 23.8 Å². The molecule has 2 aliphatic rings. The van der Waals surface area contributed by atoms with E-state index in [-0.39, 0.29) is 6.79 Å². The van der Waals surface area contributed by atoms with Gasteiger partial charge in [-0.1, -0.05) is 0 Å². The van der Waals surface area contributed by atoms with Crippen molar-refractivity contribution in [3.8, 4) is 11.5 Å². The Bertz CT molecular complexity index is 675. The summed E-state index contributed by atoms with van der Waals surface area (Å²) < 4.78 is 10.6. The topological polar surface area (TPSA) is 76.5 Å². The van der Waals surface area contributed by atoms with E-state index in [9.17, 15) is 5.11 Å². The molecular weight excluding hydrogens is 258 g/mol. The predicted octanol–water partition coefficient (Wildman–Crippen LogP) is 1.93. The normalized spacial score (nSPS) is 18.9. The Morgan fingerprint density at radius 1 is 1.20 bits per heavy atom. The first-order valence-corrected chi connectivity index (χ1v) is 6.50. The van der Waals surface area contributed by atoms with Crippen molar-refractivity contribution >= 4 is 11.5 Å². The third-order valence-corrected chi connectivity index (χ3v) is 3.59. The fraction of sp³-hybridized carbons (Fsp3) is 0.286. The van der Waals surface area contributed by atoms with E-state index in [0.717, 1.165) is 29.1 Å². The van der Waals surface area contributed by atoms with E-state index in [4.69, 9.17) is 9.47 Å². The Labute approximate surface area is 115 Å². The summed E-state index contributed by atoms with van der Waals surface area (Å²) in [6.07, 6.45) is 2.51. The van der Waals surface area contributed by atoms with Gasteiger partial charge in [-0.05, 0) is 25.0 Å². The molecule has 0 fully saturated rings. The monoisotopic (exact) mass is 271 g/mol. The van der Waals surface area contributed by atoms with Crippen LogP contribution in [0.3, 0.4) is 0 Å². The highest BCUT2D eigenvalue weighted by molar-refractivity contribution is 5.65. The molecule has 1 aromatic carbocycles. The molecule has 0 bridgehead atoms. The lowest BCUT2D eigenvalue weighted by Crippen LogP contribution is -2.03. The Morgan fingerprint density at radius 2 is 2.10 bits per heavy atom. The largest absolute Gasteiger partial charge is 0.454 e. The van der Waals surface area contributed by atoms with Gasteiger partial charge in [-0.25, -0.2) is 9.97 Å². The van der Waals surface area contributed by atoms with Crippen molar-refractivity contribution in [2.24, 2.45) is 0 Å². The molecule has 1 aromatic heterocycles.